The van der Waals surface area contributed by atoms with Crippen LogP contribution < -0.4 is 5.32 Å². The number of ether oxygens (including phenoxy) is 2. The lowest BCUT2D eigenvalue weighted by Gasteiger charge is -2.31. The van der Waals surface area contributed by atoms with Crippen molar-refractivity contribution >= 4 is 17.6 Å². The molecule has 1 aromatic rings. The van der Waals surface area contributed by atoms with Crippen LogP contribution in [-0.4, -0.2) is 31.7 Å². The molecule has 20 heavy (non-hydrogen) atoms. The number of para-hydroxylation sites is 1. The number of hydrogen-bond donors (Lipinski definition) is 1. The molecular weight excluding hydrogens is 258 g/mol. The van der Waals surface area contributed by atoms with Crippen molar-refractivity contribution in [1.82, 2.24) is 0 Å². The highest BCUT2D eigenvalue weighted by Gasteiger charge is 2.43. The van der Waals surface area contributed by atoms with Gasteiger partial charge in [0.25, 0.3) is 0 Å². The first kappa shape index (κ1) is 16.0. The molecule has 0 aromatic heterocycles. The van der Waals surface area contributed by atoms with E-state index in [2.05, 4.69) is 5.32 Å². The lowest BCUT2D eigenvalue weighted by atomic mass is 9.84. The van der Waals surface area contributed by atoms with E-state index >= 15 is 0 Å². The van der Waals surface area contributed by atoms with E-state index in [-0.39, 0.29) is 6.61 Å². The molecule has 0 saturated carbocycles. The van der Waals surface area contributed by atoms with Gasteiger partial charge in [-0.05, 0) is 32.9 Å². The molecule has 1 atom stereocenters. The molecule has 0 aliphatic rings. The Hall–Kier alpha value is -2.04. The predicted molar refractivity (Wildman–Crippen MR) is 76.3 cm³/mol. The van der Waals surface area contributed by atoms with Gasteiger partial charge in [-0.2, -0.15) is 0 Å². The smallest absolute Gasteiger partial charge is 0.329 e. The molecule has 0 radical (unpaired) electrons. The minimum Gasteiger partial charge on any atom is -0.469 e. The second kappa shape index (κ2) is 6.93. The topological polar surface area (TPSA) is 64.6 Å². The van der Waals surface area contributed by atoms with Crippen LogP contribution in [0.25, 0.3) is 0 Å². The van der Waals surface area contributed by atoms with Crippen molar-refractivity contribution < 1.29 is 19.1 Å². The van der Waals surface area contributed by atoms with E-state index in [1.807, 2.05) is 30.3 Å². The van der Waals surface area contributed by atoms with Crippen LogP contribution in [0.15, 0.2) is 30.3 Å². The largest absolute Gasteiger partial charge is 0.469 e. The van der Waals surface area contributed by atoms with E-state index in [4.69, 9.17) is 9.47 Å². The lowest BCUT2D eigenvalue weighted by Crippen LogP contribution is -2.48. The zero-order valence-electron chi connectivity index (χ0n) is 12.3. The Kier molecular flexibility index (Phi) is 5.55. The number of methoxy groups -OCH3 is 1. The van der Waals surface area contributed by atoms with Gasteiger partial charge in [-0.15, -0.1) is 0 Å². The molecule has 5 heteroatoms. The number of benzene rings is 1. The van der Waals surface area contributed by atoms with E-state index in [9.17, 15) is 9.59 Å². The van der Waals surface area contributed by atoms with Crippen LogP contribution >= 0.6 is 0 Å². The highest BCUT2D eigenvalue weighted by Crippen LogP contribution is 2.26. The van der Waals surface area contributed by atoms with Gasteiger partial charge in [-0.3, -0.25) is 4.79 Å². The van der Waals surface area contributed by atoms with Crippen LogP contribution in [0.1, 0.15) is 20.8 Å². The fourth-order valence-corrected chi connectivity index (χ4v) is 1.84. The molecule has 0 heterocycles. The van der Waals surface area contributed by atoms with Crippen LogP contribution in [0.2, 0.25) is 0 Å². The molecular formula is C15H21NO4. The van der Waals surface area contributed by atoms with E-state index in [0.29, 0.717) is 0 Å². The van der Waals surface area contributed by atoms with Crippen molar-refractivity contribution in [3.63, 3.8) is 0 Å². The van der Waals surface area contributed by atoms with Gasteiger partial charge in [-0.25, -0.2) is 4.79 Å². The Labute approximate surface area is 119 Å². The predicted octanol–water partition coefficient (Wildman–Crippen LogP) is 2.23. The Balaban J connectivity index is 3.02. The number of nitrogens with one attached hydrogen (secondary N) is 1. The number of hydrogen-bond acceptors (Lipinski definition) is 5. The summed E-state index contributed by atoms with van der Waals surface area (Å²) in [6, 6.07) is 8.37. The number of carbonyl (C=O) groups is 2. The van der Waals surface area contributed by atoms with Crippen LogP contribution in [0.4, 0.5) is 5.69 Å². The second-order valence-electron chi connectivity index (χ2n) is 4.91. The normalized spacial score (nSPS) is 12.4. The van der Waals surface area contributed by atoms with Crippen LogP contribution in [0, 0.1) is 5.41 Å². The molecule has 0 aliphatic heterocycles. The van der Waals surface area contributed by atoms with Crippen LogP contribution in [0.5, 0.6) is 0 Å². The summed E-state index contributed by atoms with van der Waals surface area (Å²) in [5, 5.41) is 3.04. The van der Waals surface area contributed by atoms with Crippen molar-refractivity contribution in [2.24, 2.45) is 5.41 Å². The summed E-state index contributed by atoms with van der Waals surface area (Å²) in [6.45, 7) is 5.28. The third-order valence-corrected chi connectivity index (χ3v) is 3.04. The maximum absolute atomic E-state index is 12.1. The Morgan fingerprint density at radius 1 is 1.25 bits per heavy atom. The van der Waals surface area contributed by atoms with Crippen LogP contribution in [-0.2, 0) is 19.1 Å². The Morgan fingerprint density at radius 2 is 1.85 bits per heavy atom. The number of anilines is 1. The van der Waals surface area contributed by atoms with Crippen molar-refractivity contribution in [2.75, 3.05) is 19.0 Å². The molecule has 0 bridgehead atoms. The molecule has 0 amide bonds. The lowest BCUT2D eigenvalue weighted by molar-refractivity contribution is -0.159. The van der Waals surface area contributed by atoms with Crippen molar-refractivity contribution in [1.29, 1.82) is 0 Å². The van der Waals surface area contributed by atoms with E-state index in [1.165, 1.54) is 7.11 Å². The average Bonchev–Trinajstić information content (AvgIpc) is 2.44. The summed E-state index contributed by atoms with van der Waals surface area (Å²) in [6.07, 6.45) is 0. The standard InChI is InChI=1S/C15H21NO4/c1-5-20-13(17)12(15(2,3)14(18)19-4)16-11-9-7-6-8-10-11/h6-10,12,16H,5H2,1-4H3. The quantitative estimate of drug-likeness (QED) is 0.809. The Morgan fingerprint density at radius 3 is 2.35 bits per heavy atom. The molecule has 1 unspecified atom stereocenters. The molecule has 110 valence electrons. The van der Waals surface area contributed by atoms with Gasteiger partial charge in [0.2, 0.25) is 0 Å². The van der Waals surface area contributed by atoms with E-state index < -0.39 is 23.4 Å². The summed E-state index contributed by atoms with van der Waals surface area (Å²) < 4.78 is 9.82. The minimum absolute atomic E-state index is 0.253. The summed E-state index contributed by atoms with van der Waals surface area (Å²) in [5.74, 6) is -0.953. The minimum atomic E-state index is -1.04. The molecule has 1 rings (SSSR count). The fourth-order valence-electron chi connectivity index (χ4n) is 1.84. The average molecular weight is 279 g/mol. The van der Waals surface area contributed by atoms with Gasteiger partial charge >= 0.3 is 11.9 Å². The molecule has 0 spiro atoms. The third-order valence-electron chi connectivity index (χ3n) is 3.04. The van der Waals surface area contributed by atoms with Crippen molar-refractivity contribution in [3.05, 3.63) is 30.3 Å². The highest BCUT2D eigenvalue weighted by atomic mass is 16.5. The third kappa shape index (κ3) is 3.73. The van der Waals surface area contributed by atoms with Crippen LogP contribution in [0.3, 0.4) is 0 Å². The Bertz CT molecular complexity index is 456. The maximum atomic E-state index is 12.1. The zero-order valence-corrected chi connectivity index (χ0v) is 12.3. The number of carbonyl (C=O) groups excluding carboxylic acids is 2. The fraction of sp³-hybridized carbons (Fsp3) is 0.467. The van der Waals surface area contributed by atoms with E-state index in [0.717, 1.165) is 5.69 Å². The first-order valence-electron chi connectivity index (χ1n) is 6.50. The monoisotopic (exact) mass is 279 g/mol. The molecule has 0 saturated heterocycles. The zero-order chi connectivity index (χ0) is 15.2. The highest BCUT2D eigenvalue weighted by molar-refractivity contribution is 5.89. The maximum Gasteiger partial charge on any atom is 0.329 e. The first-order valence-corrected chi connectivity index (χ1v) is 6.50. The van der Waals surface area contributed by atoms with Gasteiger partial charge in [0.1, 0.15) is 6.04 Å². The van der Waals surface area contributed by atoms with Gasteiger partial charge in [-0.1, -0.05) is 18.2 Å². The summed E-state index contributed by atoms with van der Waals surface area (Å²) in [5.41, 5.74) is -0.306. The first-order chi connectivity index (χ1) is 9.43. The summed E-state index contributed by atoms with van der Waals surface area (Å²) in [7, 11) is 1.30. The van der Waals surface area contributed by atoms with Crippen molar-refractivity contribution in [3.8, 4) is 0 Å². The molecule has 1 N–H and O–H groups in total. The molecule has 1 aromatic carbocycles. The molecule has 0 aliphatic carbocycles. The second-order valence-corrected chi connectivity index (χ2v) is 4.91. The van der Waals surface area contributed by atoms with Gasteiger partial charge in [0.05, 0.1) is 19.1 Å². The van der Waals surface area contributed by atoms with Gasteiger partial charge in [0.15, 0.2) is 0 Å². The molecule has 5 nitrogen and oxygen atoms in total. The number of rotatable bonds is 6. The number of esters is 2. The SMILES string of the molecule is CCOC(=O)C(Nc1ccccc1)C(C)(C)C(=O)OC. The van der Waals surface area contributed by atoms with Gasteiger partial charge in [0, 0.05) is 5.69 Å². The van der Waals surface area contributed by atoms with E-state index in [1.54, 1.807) is 20.8 Å². The van der Waals surface area contributed by atoms with Gasteiger partial charge < -0.3 is 14.8 Å². The summed E-state index contributed by atoms with van der Waals surface area (Å²) >= 11 is 0. The summed E-state index contributed by atoms with van der Waals surface area (Å²) in [4.78, 5) is 24.0. The van der Waals surface area contributed by atoms with Crippen molar-refractivity contribution in [2.45, 2.75) is 26.8 Å². The molecule has 0 fully saturated rings.